The largest absolute Gasteiger partial charge is 0.358 e. The molecule has 100 valence electrons. The van der Waals surface area contributed by atoms with Gasteiger partial charge in [0.2, 0.25) is 0 Å². The van der Waals surface area contributed by atoms with Gasteiger partial charge in [-0.25, -0.2) is 9.97 Å². The number of aromatic nitrogens is 2. The Labute approximate surface area is 121 Å². The summed E-state index contributed by atoms with van der Waals surface area (Å²) in [7, 11) is 0. The van der Waals surface area contributed by atoms with Crippen molar-refractivity contribution in [2.45, 2.75) is 13.3 Å². The predicted octanol–water partition coefficient (Wildman–Crippen LogP) is 2.23. The summed E-state index contributed by atoms with van der Waals surface area (Å²) in [5, 5.41) is 4.47. The van der Waals surface area contributed by atoms with E-state index in [2.05, 4.69) is 45.7 Å². The maximum Gasteiger partial charge on any atom is 0.185 e. The van der Waals surface area contributed by atoms with E-state index in [1.54, 1.807) is 23.7 Å². The minimum atomic E-state index is 0.498. The van der Waals surface area contributed by atoms with Crippen LogP contribution in [0.2, 0.25) is 0 Å². The minimum Gasteiger partial charge on any atom is -0.358 e. The normalized spacial score (nSPS) is 10.2. The van der Waals surface area contributed by atoms with Crippen LogP contribution in [0, 0.1) is 0 Å². The number of aryl methyl sites for hydroxylation is 1. The molecule has 0 fully saturated rings. The fourth-order valence-corrected chi connectivity index (χ4v) is 2.57. The molecule has 0 bridgehead atoms. The second-order valence-corrected chi connectivity index (χ2v) is 5.28. The Morgan fingerprint density at radius 2 is 2.37 bits per heavy atom. The van der Waals surface area contributed by atoms with Crippen LogP contribution in [0.1, 0.15) is 11.8 Å². The molecule has 0 saturated carbocycles. The SMILES string of the molecule is C=CCNC(=S)NNc1ncnc2sc(CC)cc12. The Hall–Kier alpha value is -1.73. The van der Waals surface area contributed by atoms with Gasteiger partial charge < -0.3 is 5.32 Å². The van der Waals surface area contributed by atoms with Crippen LogP contribution in [0.3, 0.4) is 0 Å². The molecule has 0 radical (unpaired) electrons. The molecule has 0 spiro atoms. The summed E-state index contributed by atoms with van der Waals surface area (Å²) >= 11 is 6.78. The Morgan fingerprint density at radius 3 is 3.11 bits per heavy atom. The van der Waals surface area contributed by atoms with Crippen molar-refractivity contribution < 1.29 is 0 Å². The first-order valence-corrected chi connectivity index (χ1v) is 7.11. The molecule has 2 aromatic heterocycles. The van der Waals surface area contributed by atoms with E-state index in [-0.39, 0.29) is 0 Å². The molecule has 2 heterocycles. The van der Waals surface area contributed by atoms with E-state index < -0.39 is 0 Å². The first-order chi connectivity index (χ1) is 9.24. The summed E-state index contributed by atoms with van der Waals surface area (Å²) in [6.45, 7) is 6.35. The lowest BCUT2D eigenvalue weighted by Crippen LogP contribution is -2.39. The van der Waals surface area contributed by atoms with Crippen LogP contribution in [-0.2, 0) is 6.42 Å². The van der Waals surface area contributed by atoms with Crippen LogP contribution >= 0.6 is 23.6 Å². The zero-order chi connectivity index (χ0) is 13.7. The van der Waals surface area contributed by atoms with E-state index in [0.29, 0.717) is 11.7 Å². The molecule has 2 aromatic rings. The smallest absolute Gasteiger partial charge is 0.185 e. The lowest BCUT2D eigenvalue weighted by atomic mass is 10.3. The number of nitrogens with one attached hydrogen (secondary N) is 3. The Balaban J connectivity index is 2.09. The zero-order valence-corrected chi connectivity index (χ0v) is 12.2. The third-order valence-corrected chi connectivity index (χ3v) is 3.86. The van der Waals surface area contributed by atoms with Crippen LogP contribution in [0.25, 0.3) is 10.2 Å². The van der Waals surface area contributed by atoms with Gasteiger partial charge in [0.05, 0.1) is 5.39 Å². The van der Waals surface area contributed by atoms with Gasteiger partial charge in [-0.3, -0.25) is 10.9 Å². The molecular weight excluding hydrogens is 278 g/mol. The van der Waals surface area contributed by atoms with Gasteiger partial charge in [-0.15, -0.1) is 17.9 Å². The fourth-order valence-electron chi connectivity index (χ4n) is 1.50. The molecule has 19 heavy (non-hydrogen) atoms. The van der Waals surface area contributed by atoms with Crippen molar-refractivity contribution in [1.29, 1.82) is 0 Å². The molecule has 0 aliphatic carbocycles. The molecular formula is C12H15N5S2. The van der Waals surface area contributed by atoms with Crippen LogP contribution in [-0.4, -0.2) is 21.6 Å². The number of hydrazine groups is 1. The molecule has 2 rings (SSSR count). The highest BCUT2D eigenvalue weighted by Gasteiger charge is 2.07. The van der Waals surface area contributed by atoms with Crippen LogP contribution in [0.5, 0.6) is 0 Å². The van der Waals surface area contributed by atoms with Crippen molar-refractivity contribution in [2.75, 3.05) is 12.0 Å². The third-order valence-electron chi connectivity index (χ3n) is 2.43. The van der Waals surface area contributed by atoms with E-state index in [9.17, 15) is 0 Å². The number of nitrogens with zero attached hydrogens (tertiary/aromatic N) is 2. The van der Waals surface area contributed by atoms with Crippen molar-refractivity contribution >= 4 is 44.7 Å². The van der Waals surface area contributed by atoms with Crippen LogP contribution in [0.4, 0.5) is 5.82 Å². The summed E-state index contributed by atoms with van der Waals surface area (Å²) in [6.07, 6.45) is 4.28. The lowest BCUT2D eigenvalue weighted by Gasteiger charge is -2.10. The standard InChI is InChI=1S/C12H15N5S2/c1-3-5-13-12(18)17-16-10-9-6-8(4-2)19-11(9)15-7-14-10/h3,6-7H,1,4-5H2,2H3,(H2,13,17,18)(H,14,15,16). The average molecular weight is 293 g/mol. The van der Waals surface area contributed by atoms with Crippen molar-refractivity contribution in [2.24, 2.45) is 0 Å². The molecule has 0 amide bonds. The lowest BCUT2D eigenvalue weighted by molar-refractivity contribution is 0.971. The van der Waals surface area contributed by atoms with Gasteiger partial charge in [0.15, 0.2) is 10.9 Å². The third kappa shape index (κ3) is 3.39. The molecule has 0 aliphatic rings. The summed E-state index contributed by atoms with van der Waals surface area (Å²) in [5.74, 6) is 0.726. The number of fused-ring (bicyclic) bond motifs is 1. The van der Waals surface area contributed by atoms with E-state index in [1.807, 2.05) is 0 Å². The Kier molecular flexibility index (Phi) is 4.64. The van der Waals surface area contributed by atoms with Crippen molar-refractivity contribution in [1.82, 2.24) is 20.7 Å². The van der Waals surface area contributed by atoms with Gasteiger partial charge in [-0.05, 0) is 24.7 Å². The second-order valence-electron chi connectivity index (χ2n) is 3.76. The average Bonchev–Trinajstić information content (AvgIpc) is 2.86. The Bertz CT molecular complexity index is 593. The van der Waals surface area contributed by atoms with Gasteiger partial charge in [0, 0.05) is 11.4 Å². The zero-order valence-electron chi connectivity index (χ0n) is 10.6. The summed E-state index contributed by atoms with van der Waals surface area (Å²) < 4.78 is 0. The quantitative estimate of drug-likeness (QED) is 0.446. The molecule has 3 N–H and O–H groups in total. The van der Waals surface area contributed by atoms with E-state index in [4.69, 9.17) is 12.2 Å². The number of hydrogen-bond acceptors (Lipinski definition) is 5. The monoisotopic (exact) mass is 293 g/mol. The topological polar surface area (TPSA) is 61.9 Å². The molecule has 5 nitrogen and oxygen atoms in total. The number of anilines is 1. The van der Waals surface area contributed by atoms with Crippen LogP contribution < -0.4 is 16.2 Å². The first kappa shape index (κ1) is 13.7. The van der Waals surface area contributed by atoms with E-state index in [0.717, 1.165) is 22.5 Å². The molecule has 0 atom stereocenters. The number of thiocarbonyl (C=S) groups is 1. The molecule has 0 unspecified atom stereocenters. The molecule has 0 aliphatic heterocycles. The molecule has 0 saturated heterocycles. The second kappa shape index (κ2) is 6.44. The molecule has 0 aromatic carbocycles. The molecule has 7 heteroatoms. The van der Waals surface area contributed by atoms with E-state index >= 15 is 0 Å². The number of hydrogen-bond donors (Lipinski definition) is 3. The van der Waals surface area contributed by atoms with Crippen LogP contribution in [0.15, 0.2) is 25.0 Å². The highest BCUT2D eigenvalue weighted by atomic mass is 32.1. The van der Waals surface area contributed by atoms with Gasteiger partial charge in [0.1, 0.15) is 11.2 Å². The van der Waals surface area contributed by atoms with Crippen molar-refractivity contribution in [3.63, 3.8) is 0 Å². The number of thiophene rings is 1. The van der Waals surface area contributed by atoms with Crippen molar-refractivity contribution in [3.05, 3.63) is 29.9 Å². The van der Waals surface area contributed by atoms with Gasteiger partial charge in [-0.2, -0.15) is 0 Å². The maximum atomic E-state index is 5.10. The highest BCUT2D eigenvalue weighted by Crippen LogP contribution is 2.27. The highest BCUT2D eigenvalue weighted by molar-refractivity contribution is 7.80. The summed E-state index contributed by atoms with van der Waals surface area (Å²) in [5.41, 5.74) is 5.89. The fraction of sp³-hybridized carbons (Fsp3) is 0.250. The van der Waals surface area contributed by atoms with Gasteiger partial charge >= 0.3 is 0 Å². The summed E-state index contributed by atoms with van der Waals surface area (Å²) in [4.78, 5) is 10.7. The van der Waals surface area contributed by atoms with E-state index in [1.165, 1.54) is 4.88 Å². The first-order valence-electron chi connectivity index (χ1n) is 5.88. The van der Waals surface area contributed by atoms with Gasteiger partial charge in [0.25, 0.3) is 0 Å². The van der Waals surface area contributed by atoms with Gasteiger partial charge in [-0.1, -0.05) is 13.0 Å². The summed E-state index contributed by atoms with van der Waals surface area (Å²) in [6, 6.07) is 2.10. The minimum absolute atomic E-state index is 0.498. The maximum absolute atomic E-state index is 5.10. The number of rotatable bonds is 5. The Morgan fingerprint density at radius 1 is 1.53 bits per heavy atom. The predicted molar refractivity (Wildman–Crippen MR) is 84.3 cm³/mol. The van der Waals surface area contributed by atoms with Crippen molar-refractivity contribution in [3.8, 4) is 0 Å².